The van der Waals surface area contributed by atoms with Crippen LogP contribution in [0.4, 0.5) is 4.39 Å². The van der Waals surface area contributed by atoms with Crippen molar-refractivity contribution in [3.8, 4) is 17.5 Å². The summed E-state index contributed by atoms with van der Waals surface area (Å²) >= 11 is 0. The van der Waals surface area contributed by atoms with Crippen LogP contribution in [0.2, 0.25) is 0 Å². The van der Waals surface area contributed by atoms with Gasteiger partial charge in [-0.3, -0.25) is 4.57 Å². The minimum Gasteiger partial charge on any atom is -0.314 e. The molecule has 2 aromatic carbocycles. The zero-order valence-electron chi connectivity index (χ0n) is 16.8. The largest absolute Gasteiger partial charge is 0.314 e. The number of nitrogens with zero attached hydrogens (tertiary/aromatic N) is 2. The third-order valence-electron chi connectivity index (χ3n) is 5.41. The van der Waals surface area contributed by atoms with Crippen LogP contribution in [0.3, 0.4) is 0 Å². The van der Waals surface area contributed by atoms with Gasteiger partial charge < -0.3 is 10.6 Å². The van der Waals surface area contributed by atoms with E-state index in [9.17, 15) is 0 Å². The second kappa shape index (κ2) is 8.20. The lowest BCUT2D eigenvalue weighted by atomic mass is 10.0. The molecule has 1 unspecified atom stereocenters. The van der Waals surface area contributed by atoms with Crippen molar-refractivity contribution in [1.29, 1.82) is 0 Å². The summed E-state index contributed by atoms with van der Waals surface area (Å²) in [6.07, 6.45) is 2.51. The van der Waals surface area contributed by atoms with Gasteiger partial charge in [0, 0.05) is 30.1 Å². The summed E-state index contributed by atoms with van der Waals surface area (Å²) in [6, 6.07) is 11.0. The van der Waals surface area contributed by atoms with Crippen LogP contribution in [0.5, 0.6) is 0 Å². The Hall–Kier alpha value is -2.94. The fourth-order valence-corrected chi connectivity index (χ4v) is 3.66. The third-order valence-corrected chi connectivity index (χ3v) is 5.41. The van der Waals surface area contributed by atoms with E-state index in [2.05, 4.69) is 36.0 Å². The minimum absolute atomic E-state index is 0.00439. The van der Waals surface area contributed by atoms with Crippen molar-refractivity contribution >= 4 is 17.1 Å². The summed E-state index contributed by atoms with van der Waals surface area (Å²) in [4.78, 5) is 4.85. The Kier molecular flexibility index (Phi) is 5.48. The Labute approximate surface area is 170 Å². The monoisotopic (exact) mass is 388 g/mol. The fourth-order valence-electron chi connectivity index (χ4n) is 3.66. The summed E-state index contributed by atoms with van der Waals surface area (Å²) in [7, 11) is 1.90. The van der Waals surface area contributed by atoms with Crippen LogP contribution in [-0.2, 0) is 0 Å². The first-order chi connectivity index (χ1) is 14.2. The molecule has 29 heavy (non-hydrogen) atoms. The first kappa shape index (κ1) is 19.4. The molecule has 0 bridgehead atoms. The molecule has 1 fully saturated rings. The normalized spacial score (nSPS) is 14.9. The number of hydrogen-bond acceptors (Lipinski definition) is 3. The molecule has 5 heteroatoms. The number of benzene rings is 2. The zero-order valence-corrected chi connectivity index (χ0v) is 16.8. The molecule has 1 aromatic heterocycles. The standard InChI is InChI=1S/C24H25FN4/c1-4-18-7-6-8-19(25)23(18)29-22-13-16(9-10-17-14-27-15-17)11-12-21(22)28-24(29)20(5-2)26-3/h4,6-8,11-13,17,20,26-27H,1,5,14-15H2,2-3H3. The molecule has 4 nitrogen and oxygen atoms in total. The van der Waals surface area contributed by atoms with Crippen LogP contribution in [0, 0.1) is 23.6 Å². The molecule has 1 saturated heterocycles. The van der Waals surface area contributed by atoms with Gasteiger partial charge in [0.2, 0.25) is 0 Å². The number of fused-ring (bicyclic) bond motifs is 1. The predicted octanol–water partition coefficient (Wildman–Crippen LogP) is 4.05. The fraction of sp³-hybridized carbons (Fsp3) is 0.292. The number of nitrogens with one attached hydrogen (secondary N) is 2. The molecule has 1 atom stereocenters. The first-order valence-corrected chi connectivity index (χ1v) is 9.99. The number of imidazole rings is 1. The van der Waals surface area contributed by atoms with E-state index in [0.29, 0.717) is 11.6 Å². The summed E-state index contributed by atoms with van der Waals surface area (Å²) in [6.45, 7) is 7.84. The quantitative estimate of drug-likeness (QED) is 0.648. The smallest absolute Gasteiger partial charge is 0.147 e. The van der Waals surface area contributed by atoms with E-state index < -0.39 is 0 Å². The highest BCUT2D eigenvalue weighted by Gasteiger charge is 2.22. The molecule has 148 valence electrons. The van der Waals surface area contributed by atoms with Gasteiger partial charge in [0.25, 0.3) is 0 Å². The summed E-state index contributed by atoms with van der Waals surface area (Å²) in [5.41, 5.74) is 3.78. The summed E-state index contributed by atoms with van der Waals surface area (Å²) < 4.78 is 17.0. The van der Waals surface area contributed by atoms with Crippen molar-refractivity contribution in [2.75, 3.05) is 20.1 Å². The van der Waals surface area contributed by atoms with E-state index in [0.717, 1.165) is 47.5 Å². The Bertz CT molecular complexity index is 1110. The molecule has 3 aromatic rings. The van der Waals surface area contributed by atoms with Gasteiger partial charge in [0.05, 0.1) is 22.8 Å². The lowest BCUT2D eigenvalue weighted by Gasteiger charge is -2.21. The maximum Gasteiger partial charge on any atom is 0.147 e. The Morgan fingerprint density at radius 3 is 2.86 bits per heavy atom. The SMILES string of the molecule is C=Cc1cccc(F)c1-n1c(C(CC)NC)nc2ccc(C#CC3CNC3)cc21. The average molecular weight is 388 g/mol. The number of hydrogen-bond donors (Lipinski definition) is 2. The molecule has 2 N–H and O–H groups in total. The highest BCUT2D eigenvalue weighted by molar-refractivity contribution is 5.81. The lowest BCUT2D eigenvalue weighted by Crippen LogP contribution is -2.40. The molecule has 0 aliphatic carbocycles. The molecule has 0 radical (unpaired) electrons. The highest BCUT2D eigenvalue weighted by Crippen LogP contribution is 2.31. The zero-order chi connectivity index (χ0) is 20.4. The second-order valence-corrected chi connectivity index (χ2v) is 7.26. The van der Waals surface area contributed by atoms with Crippen molar-refractivity contribution in [3.05, 3.63) is 65.7 Å². The van der Waals surface area contributed by atoms with Gasteiger partial charge in [-0.1, -0.05) is 43.6 Å². The van der Waals surface area contributed by atoms with E-state index >= 15 is 4.39 Å². The van der Waals surface area contributed by atoms with Crippen molar-refractivity contribution in [2.24, 2.45) is 5.92 Å². The van der Waals surface area contributed by atoms with Crippen molar-refractivity contribution in [3.63, 3.8) is 0 Å². The number of para-hydroxylation sites is 1. The van der Waals surface area contributed by atoms with Crippen LogP contribution in [0.25, 0.3) is 22.8 Å². The van der Waals surface area contributed by atoms with Crippen molar-refractivity contribution in [2.45, 2.75) is 19.4 Å². The lowest BCUT2D eigenvalue weighted by molar-refractivity contribution is 0.432. The first-order valence-electron chi connectivity index (χ1n) is 9.99. The van der Waals surface area contributed by atoms with Crippen LogP contribution in [0.1, 0.15) is 36.3 Å². The van der Waals surface area contributed by atoms with E-state index in [-0.39, 0.29) is 11.9 Å². The van der Waals surface area contributed by atoms with Gasteiger partial charge in [-0.2, -0.15) is 0 Å². The number of rotatable bonds is 5. The van der Waals surface area contributed by atoms with E-state index in [1.807, 2.05) is 35.9 Å². The van der Waals surface area contributed by atoms with E-state index in [4.69, 9.17) is 4.98 Å². The molecule has 4 rings (SSSR count). The summed E-state index contributed by atoms with van der Waals surface area (Å²) in [5, 5.41) is 6.53. The maximum absolute atomic E-state index is 15.0. The predicted molar refractivity (Wildman–Crippen MR) is 116 cm³/mol. The van der Waals surface area contributed by atoms with Crippen molar-refractivity contribution < 1.29 is 4.39 Å². The van der Waals surface area contributed by atoms with Gasteiger partial charge in [-0.25, -0.2) is 9.37 Å². The van der Waals surface area contributed by atoms with E-state index in [1.54, 1.807) is 12.1 Å². The molecule has 0 saturated carbocycles. The molecular weight excluding hydrogens is 363 g/mol. The molecule has 0 spiro atoms. The second-order valence-electron chi connectivity index (χ2n) is 7.26. The average Bonchev–Trinajstić information content (AvgIpc) is 3.05. The molecule has 0 amide bonds. The summed E-state index contributed by atoms with van der Waals surface area (Å²) in [5.74, 6) is 7.45. The molecule has 1 aliphatic heterocycles. The Balaban J connectivity index is 1.96. The Morgan fingerprint density at radius 1 is 1.38 bits per heavy atom. The Morgan fingerprint density at radius 2 is 2.21 bits per heavy atom. The van der Waals surface area contributed by atoms with Crippen LogP contribution in [0.15, 0.2) is 43.0 Å². The van der Waals surface area contributed by atoms with Crippen LogP contribution < -0.4 is 10.6 Å². The number of halogens is 1. The number of aromatic nitrogens is 2. The highest BCUT2D eigenvalue weighted by atomic mass is 19.1. The molecular formula is C24H25FN4. The van der Waals surface area contributed by atoms with Gasteiger partial charge in [-0.05, 0) is 37.7 Å². The topological polar surface area (TPSA) is 41.9 Å². The van der Waals surface area contributed by atoms with Gasteiger partial charge in [-0.15, -0.1) is 0 Å². The van der Waals surface area contributed by atoms with Gasteiger partial charge >= 0.3 is 0 Å². The van der Waals surface area contributed by atoms with Crippen LogP contribution in [-0.4, -0.2) is 29.7 Å². The maximum atomic E-state index is 15.0. The van der Waals surface area contributed by atoms with Crippen LogP contribution >= 0.6 is 0 Å². The van der Waals surface area contributed by atoms with E-state index in [1.165, 1.54) is 6.07 Å². The third kappa shape index (κ3) is 3.57. The van der Waals surface area contributed by atoms with Crippen molar-refractivity contribution in [1.82, 2.24) is 20.2 Å². The molecule has 1 aliphatic rings. The molecule has 2 heterocycles. The van der Waals surface area contributed by atoms with Gasteiger partial charge in [0.15, 0.2) is 0 Å². The van der Waals surface area contributed by atoms with Gasteiger partial charge in [0.1, 0.15) is 11.6 Å². The minimum atomic E-state index is -0.300.